The number of halogens is 1. The number of ether oxygens (including phenoxy) is 1. The van der Waals surface area contributed by atoms with Crippen LogP contribution in [0.3, 0.4) is 0 Å². The zero-order chi connectivity index (χ0) is 23.3. The second-order valence-corrected chi connectivity index (χ2v) is 8.27. The van der Waals surface area contributed by atoms with Crippen LogP contribution in [0.4, 0.5) is 5.82 Å². The number of amides is 1. The third kappa shape index (κ3) is 6.03. The van der Waals surface area contributed by atoms with Gasteiger partial charge in [0.15, 0.2) is 11.7 Å². The summed E-state index contributed by atoms with van der Waals surface area (Å²) in [5, 5.41) is 36.4. The first-order valence-corrected chi connectivity index (χ1v) is 10.6. The summed E-state index contributed by atoms with van der Waals surface area (Å²) in [7, 11) is 0. The van der Waals surface area contributed by atoms with Crippen LogP contribution in [0.5, 0.6) is 17.4 Å². The fraction of sp³-hybridized carbons (Fsp3) is 0.364. The van der Waals surface area contributed by atoms with Crippen LogP contribution >= 0.6 is 11.6 Å². The average molecular weight is 463 g/mol. The zero-order valence-electron chi connectivity index (χ0n) is 17.8. The summed E-state index contributed by atoms with van der Waals surface area (Å²) >= 11 is 6.14. The van der Waals surface area contributed by atoms with Gasteiger partial charge in [0.2, 0.25) is 5.91 Å². The lowest BCUT2D eigenvalue weighted by Crippen LogP contribution is -2.27. The number of carbonyl (C=O) groups excluding carboxylic acids is 1. The quantitative estimate of drug-likeness (QED) is 0.366. The summed E-state index contributed by atoms with van der Waals surface area (Å²) < 4.78 is 8.65. The Balaban J connectivity index is 1.78. The summed E-state index contributed by atoms with van der Waals surface area (Å²) in [5.74, 6) is 0.767. The molecule has 4 N–H and O–H groups in total. The monoisotopic (exact) mass is 462 g/mol. The number of nitrogens with zero attached hydrogens (tertiary/aromatic N) is 3. The first-order chi connectivity index (χ1) is 15.3. The van der Waals surface area contributed by atoms with E-state index in [1.165, 1.54) is 15.3 Å². The van der Waals surface area contributed by atoms with Crippen molar-refractivity contribution in [1.29, 1.82) is 0 Å². The molecule has 0 saturated carbocycles. The molecule has 0 bridgehead atoms. The predicted octanol–water partition coefficient (Wildman–Crippen LogP) is 3.42. The summed E-state index contributed by atoms with van der Waals surface area (Å²) in [6.45, 7) is 3.67. The van der Waals surface area contributed by atoms with Crippen molar-refractivity contribution in [3.05, 3.63) is 53.8 Å². The normalized spacial score (nSPS) is 13.2. The van der Waals surface area contributed by atoms with E-state index in [9.17, 15) is 15.0 Å². The van der Waals surface area contributed by atoms with E-state index in [0.29, 0.717) is 28.8 Å². The molecule has 3 aromatic rings. The lowest BCUT2D eigenvalue weighted by Gasteiger charge is -2.20. The van der Waals surface area contributed by atoms with Gasteiger partial charge in [0, 0.05) is 18.3 Å². The maximum Gasteiger partial charge on any atom is 0.248 e. The van der Waals surface area contributed by atoms with E-state index in [-0.39, 0.29) is 30.9 Å². The van der Waals surface area contributed by atoms with Crippen LogP contribution in [-0.2, 0) is 11.3 Å². The molecule has 2 heterocycles. The van der Waals surface area contributed by atoms with E-state index in [1.807, 2.05) is 13.8 Å². The molecule has 0 aliphatic heterocycles. The smallest absolute Gasteiger partial charge is 0.248 e. The first kappa shape index (κ1) is 23.6. The number of aromatic nitrogens is 3. The largest absolute Gasteiger partial charge is 0.494 e. The Kier molecular flexibility index (Phi) is 7.79. The van der Waals surface area contributed by atoms with Crippen LogP contribution in [0.15, 0.2) is 48.8 Å². The number of para-hydroxylation sites is 1. The van der Waals surface area contributed by atoms with Gasteiger partial charge in [0.25, 0.3) is 0 Å². The highest BCUT2D eigenvalue weighted by Gasteiger charge is 2.25. The van der Waals surface area contributed by atoms with Crippen molar-refractivity contribution < 1.29 is 24.9 Å². The standard InChI is InChI=1S/C22H27ClN4O5/c1-14(2)9-18(22(31)24-20-7-8-26(25-20)11-15(29)13-28)27-12-16(10-21(27)30)32-19-6-4-3-5-17(19)23/h3-8,10,12,14-15,18,28-30H,9,11,13H2,1-2H3,(H,24,25,31)/t15-,18-/m0/s1. The van der Waals surface area contributed by atoms with Crippen LogP contribution in [0.25, 0.3) is 0 Å². The van der Waals surface area contributed by atoms with Crippen LogP contribution < -0.4 is 10.1 Å². The van der Waals surface area contributed by atoms with Crippen LogP contribution in [0.1, 0.15) is 26.3 Å². The highest BCUT2D eigenvalue weighted by atomic mass is 35.5. The molecule has 0 spiro atoms. The number of aliphatic hydroxyl groups is 2. The maximum atomic E-state index is 13.1. The molecule has 0 radical (unpaired) electrons. The van der Waals surface area contributed by atoms with Crippen molar-refractivity contribution in [2.75, 3.05) is 11.9 Å². The first-order valence-electron chi connectivity index (χ1n) is 10.2. The Hall–Kier alpha value is -3.01. The number of hydrogen-bond donors (Lipinski definition) is 4. The van der Waals surface area contributed by atoms with Gasteiger partial charge in [-0.05, 0) is 24.5 Å². The minimum atomic E-state index is -0.944. The van der Waals surface area contributed by atoms with Gasteiger partial charge in [-0.3, -0.25) is 9.48 Å². The van der Waals surface area contributed by atoms with Gasteiger partial charge in [0.05, 0.1) is 30.5 Å². The Bertz CT molecular complexity index is 1050. The third-order valence-corrected chi connectivity index (χ3v) is 5.01. The minimum absolute atomic E-state index is 0.100. The second kappa shape index (κ2) is 10.5. The van der Waals surface area contributed by atoms with E-state index in [0.717, 1.165) is 0 Å². The minimum Gasteiger partial charge on any atom is -0.494 e. The van der Waals surface area contributed by atoms with Crippen molar-refractivity contribution in [3.63, 3.8) is 0 Å². The van der Waals surface area contributed by atoms with Crippen LogP contribution in [0.2, 0.25) is 5.02 Å². The van der Waals surface area contributed by atoms with Gasteiger partial charge in [0.1, 0.15) is 17.5 Å². The van der Waals surface area contributed by atoms with E-state index >= 15 is 0 Å². The molecule has 0 fully saturated rings. The van der Waals surface area contributed by atoms with E-state index < -0.39 is 12.1 Å². The van der Waals surface area contributed by atoms with Gasteiger partial charge < -0.3 is 29.9 Å². The van der Waals surface area contributed by atoms with Crippen molar-refractivity contribution in [3.8, 4) is 17.4 Å². The van der Waals surface area contributed by atoms with E-state index in [4.69, 9.17) is 21.4 Å². The Morgan fingerprint density at radius 1 is 1.28 bits per heavy atom. The summed E-state index contributed by atoms with van der Waals surface area (Å²) in [5.41, 5.74) is 0. The number of aromatic hydroxyl groups is 1. The topological polar surface area (TPSA) is 122 Å². The van der Waals surface area contributed by atoms with Crippen LogP contribution in [-0.4, -0.2) is 48.3 Å². The molecule has 0 unspecified atom stereocenters. The zero-order valence-corrected chi connectivity index (χ0v) is 18.6. The van der Waals surface area contributed by atoms with E-state index in [2.05, 4.69) is 10.4 Å². The highest BCUT2D eigenvalue weighted by molar-refractivity contribution is 6.32. The van der Waals surface area contributed by atoms with Crippen molar-refractivity contribution in [2.24, 2.45) is 5.92 Å². The molecule has 1 amide bonds. The molecular formula is C22H27ClN4O5. The Labute approximate surface area is 190 Å². The number of anilines is 1. The summed E-state index contributed by atoms with van der Waals surface area (Å²) in [4.78, 5) is 13.1. The fourth-order valence-corrected chi connectivity index (χ4v) is 3.38. The van der Waals surface area contributed by atoms with Gasteiger partial charge in [-0.1, -0.05) is 37.6 Å². The Morgan fingerprint density at radius 3 is 2.72 bits per heavy atom. The van der Waals surface area contributed by atoms with Crippen LogP contribution in [0, 0.1) is 5.92 Å². The van der Waals surface area contributed by atoms with Gasteiger partial charge in [-0.2, -0.15) is 5.10 Å². The molecule has 2 atom stereocenters. The number of carbonyl (C=O) groups is 1. The average Bonchev–Trinajstić information content (AvgIpc) is 3.33. The lowest BCUT2D eigenvalue weighted by molar-refractivity contribution is -0.119. The second-order valence-electron chi connectivity index (χ2n) is 7.87. The van der Waals surface area contributed by atoms with Gasteiger partial charge >= 0.3 is 0 Å². The summed E-state index contributed by atoms with van der Waals surface area (Å²) in [6.07, 6.45) is 2.67. The van der Waals surface area contributed by atoms with Crippen molar-refractivity contribution in [1.82, 2.24) is 14.3 Å². The lowest BCUT2D eigenvalue weighted by atomic mass is 10.0. The molecule has 10 heteroatoms. The molecule has 3 rings (SSSR count). The van der Waals surface area contributed by atoms with Gasteiger partial charge in [-0.25, -0.2) is 0 Å². The number of hydrogen-bond acceptors (Lipinski definition) is 6. The molecule has 0 aliphatic rings. The Morgan fingerprint density at radius 2 is 2.03 bits per heavy atom. The number of rotatable bonds is 10. The van der Waals surface area contributed by atoms with E-state index in [1.54, 1.807) is 42.7 Å². The van der Waals surface area contributed by atoms with Crippen molar-refractivity contribution in [2.45, 2.75) is 39.0 Å². The number of nitrogens with one attached hydrogen (secondary N) is 1. The highest BCUT2D eigenvalue weighted by Crippen LogP contribution is 2.34. The SMILES string of the molecule is CC(C)C[C@@H](C(=O)Nc1ccn(C[C@H](O)CO)n1)n1cc(Oc2ccccc2Cl)cc1O. The molecule has 172 valence electrons. The number of benzene rings is 1. The number of aliphatic hydroxyl groups excluding tert-OH is 2. The molecule has 1 aromatic carbocycles. The summed E-state index contributed by atoms with van der Waals surface area (Å²) in [6, 6.07) is 9.27. The predicted molar refractivity (Wildman–Crippen MR) is 120 cm³/mol. The molecule has 0 aliphatic carbocycles. The molecule has 2 aromatic heterocycles. The fourth-order valence-electron chi connectivity index (χ4n) is 3.21. The van der Waals surface area contributed by atoms with Crippen molar-refractivity contribution >= 4 is 23.3 Å². The van der Waals surface area contributed by atoms with Gasteiger partial charge in [-0.15, -0.1) is 0 Å². The maximum absolute atomic E-state index is 13.1. The molecular weight excluding hydrogens is 436 g/mol. The molecule has 0 saturated heterocycles. The molecule has 9 nitrogen and oxygen atoms in total. The molecule has 32 heavy (non-hydrogen) atoms. The third-order valence-electron chi connectivity index (χ3n) is 4.70.